The predicted octanol–water partition coefficient (Wildman–Crippen LogP) is 3.98. The number of hydrogen-bond donors (Lipinski definition) is 2. The molecule has 2 N–H and O–H groups in total. The summed E-state index contributed by atoms with van der Waals surface area (Å²) in [5.74, 6) is -1.23. The fraction of sp³-hybridized carbons (Fsp3) is 0.0952. The van der Waals surface area contributed by atoms with Gasteiger partial charge >= 0.3 is 5.97 Å². The molecular formula is C21H18ClNO4S. The van der Waals surface area contributed by atoms with Crippen LogP contribution in [0.2, 0.25) is 5.02 Å². The van der Waals surface area contributed by atoms with E-state index in [9.17, 15) is 18.3 Å². The summed E-state index contributed by atoms with van der Waals surface area (Å²) in [7, 11) is -3.98. The molecule has 0 saturated heterocycles. The third-order valence-corrected chi connectivity index (χ3v) is 5.96. The number of carboxylic acids is 1. The molecule has 0 amide bonds. The lowest BCUT2D eigenvalue weighted by Gasteiger charge is -2.15. The third-order valence-electron chi connectivity index (χ3n) is 4.22. The molecule has 3 aromatic rings. The summed E-state index contributed by atoms with van der Waals surface area (Å²) in [5.41, 5.74) is 2.46. The quantitative estimate of drug-likeness (QED) is 0.611. The smallest absolute Gasteiger partial charge is 0.322 e. The fourth-order valence-corrected chi connectivity index (χ4v) is 4.07. The maximum Gasteiger partial charge on any atom is 0.322 e. The molecule has 0 bridgehead atoms. The Morgan fingerprint density at radius 3 is 1.96 bits per heavy atom. The second-order valence-corrected chi connectivity index (χ2v) is 8.38. The van der Waals surface area contributed by atoms with Crippen molar-refractivity contribution in [3.05, 3.63) is 89.4 Å². The molecule has 1 unspecified atom stereocenters. The Morgan fingerprint density at radius 2 is 1.43 bits per heavy atom. The molecule has 0 heterocycles. The summed E-state index contributed by atoms with van der Waals surface area (Å²) in [6.45, 7) is 0. The van der Waals surface area contributed by atoms with Crippen molar-refractivity contribution in [2.45, 2.75) is 17.4 Å². The maximum atomic E-state index is 12.6. The molecule has 0 radical (unpaired) electrons. The minimum atomic E-state index is -3.98. The number of hydrogen-bond acceptors (Lipinski definition) is 3. The number of halogens is 1. The monoisotopic (exact) mass is 415 g/mol. The minimum Gasteiger partial charge on any atom is -0.480 e. The van der Waals surface area contributed by atoms with Crippen LogP contribution in [0.5, 0.6) is 0 Å². The Kier molecular flexibility index (Phi) is 6.14. The van der Waals surface area contributed by atoms with Gasteiger partial charge in [0, 0.05) is 5.02 Å². The van der Waals surface area contributed by atoms with Crippen molar-refractivity contribution in [3.8, 4) is 11.1 Å². The summed E-state index contributed by atoms with van der Waals surface area (Å²) in [4.78, 5) is 11.5. The second-order valence-electron chi connectivity index (χ2n) is 6.23. The first-order valence-electron chi connectivity index (χ1n) is 8.50. The topological polar surface area (TPSA) is 83.5 Å². The summed E-state index contributed by atoms with van der Waals surface area (Å²) in [5, 5.41) is 10.0. The molecule has 144 valence electrons. The van der Waals surface area contributed by atoms with Gasteiger partial charge in [-0.25, -0.2) is 8.42 Å². The Balaban J connectivity index is 1.79. The number of rotatable bonds is 7. The zero-order valence-corrected chi connectivity index (χ0v) is 16.3. The average Bonchev–Trinajstić information content (AvgIpc) is 2.69. The van der Waals surface area contributed by atoms with Crippen molar-refractivity contribution < 1.29 is 18.3 Å². The van der Waals surface area contributed by atoms with E-state index in [0.717, 1.165) is 16.7 Å². The highest BCUT2D eigenvalue weighted by atomic mass is 35.5. The third kappa shape index (κ3) is 4.98. The first-order valence-corrected chi connectivity index (χ1v) is 10.4. The van der Waals surface area contributed by atoms with E-state index in [1.165, 1.54) is 12.1 Å². The lowest BCUT2D eigenvalue weighted by Crippen LogP contribution is -2.42. The van der Waals surface area contributed by atoms with E-state index in [0.29, 0.717) is 5.02 Å². The molecule has 0 aliphatic carbocycles. The Morgan fingerprint density at radius 1 is 0.893 bits per heavy atom. The van der Waals surface area contributed by atoms with Gasteiger partial charge in [0.1, 0.15) is 6.04 Å². The van der Waals surface area contributed by atoms with Crippen LogP contribution in [0, 0.1) is 0 Å². The number of carboxylic acid groups (broad SMARTS) is 1. The number of nitrogens with one attached hydrogen (secondary N) is 1. The van der Waals surface area contributed by atoms with E-state index < -0.39 is 22.0 Å². The average molecular weight is 416 g/mol. The van der Waals surface area contributed by atoms with Gasteiger partial charge < -0.3 is 5.11 Å². The summed E-state index contributed by atoms with van der Waals surface area (Å²) >= 11 is 5.88. The van der Waals surface area contributed by atoms with Crippen molar-refractivity contribution in [3.63, 3.8) is 0 Å². The number of carbonyl (C=O) groups is 1. The van der Waals surface area contributed by atoms with Crippen LogP contribution in [0.25, 0.3) is 11.1 Å². The van der Waals surface area contributed by atoms with Crippen molar-refractivity contribution in [2.75, 3.05) is 0 Å². The maximum absolute atomic E-state index is 12.6. The van der Waals surface area contributed by atoms with Crippen LogP contribution in [0.4, 0.5) is 0 Å². The first kappa shape index (κ1) is 20.1. The molecule has 0 aliphatic rings. The standard InChI is InChI=1S/C21H18ClNO4S/c22-18-10-6-16(7-11-18)17-8-12-19(13-9-17)28(26,27)23-20(21(24)25)14-15-4-2-1-3-5-15/h1-13,20,23H,14H2,(H,24,25). The Bertz CT molecular complexity index is 1050. The molecule has 0 spiro atoms. The number of sulfonamides is 1. The van der Waals surface area contributed by atoms with Gasteiger partial charge in [-0.15, -0.1) is 0 Å². The SMILES string of the molecule is O=C(O)C(Cc1ccccc1)NS(=O)(=O)c1ccc(-c2ccc(Cl)cc2)cc1. The number of aliphatic carboxylic acids is 1. The normalized spacial score (nSPS) is 12.5. The molecule has 3 rings (SSSR count). The molecule has 0 saturated carbocycles. The highest BCUT2D eigenvalue weighted by Crippen LogP contribution is 2.23. The lowest BCUT2D eigenvalue weighted by atomic mass is 10.1. The Hall–Kier alpha value is -2.67. The Labute approximate surface area is 168 Å². The van der Waals surface area contributed by atoms with Crippen LogP contribution in [0.1, 0.15) is 5.56 Å². The zero-order chi connectivity index (χ0) is 20.1. The van der Waals surface area contributed by atoms with E-state index in [4.69, 9.17) is 11.6 Å². The molecule has 28 heavy (non-hydrogen) atoms. The molecule has 0 aromatic heterocycles. The highest BCUT2D eigenvalue weighted by Gasteiger charge is 2.25. The highest BCUT2D eigenvalue weighted by molar-refractivity contribution is 7.89. The van der Waals surface area contributed by atoms with Crippen molar-refractivity contribution >= 4 is 27.6 Å². The van der Waals surface area contributed by atoms with Gasteiger partial charge in [0.2, 0.25) is 10.0 Å². The van der Waals surface area contributed by atoms with E-state index in [1.807, 2.05) is 18.2 Å². The van der Waals surface area contributed by atoms with E-state index in [1.54, 1.807) is 48.5 Å². The van der Waals surface area contributed by atoms with Crippen LogP contribution >= 0.6 is 11.6 Å². The molecule has 5 nitrogen and oxygen atoms in total. The summed E-state index contributed by atoms with van der Waals surface area (Å²) in [6, 6.07) is 21.0. The van der Waals surface area contributed by atoms with Crippen LogP contribution < -0.4 is 4.72 Å². The van der Waals surface area contributed by atoms with Crippen LogP contribution in [0.3, 0.4) is 0 Å². The van der Waals surface area contributed by atoms with Crippen LogP contribution in [-0.4, -0.2) is 25.5 Å². The first-order chi connectivity index (χ1) is 13.3. The number of benzene rings is 3. The van der Waals surface area contributed by atoms with Crippen molar-refractivity contribution in [1.82, 2.24) is 4.72 Å². The zero-order valence-electron chi connectivity index (χ0n) is 14.7. The van der Waals surface area contributed by atoms with Gasteiger partial charge in [0.15, 0.2) is 0 Å². The van der Waals surface area contributed by atoms with Crippen molar-refractivity contribution in [2.24, 2.45) is 0 Å². The second kappa shape index (κ2) is 8.56. The van der Waals surface area contributed by atoms with Gasteiger partial charge in [0.25, 0.3) is 0 Å². The fourth-order valence-electron chi connectivity index (χ4n) is 2.75. The minimum absolute atomic E-state index is 0.00419. The van der Waals surface area contributed by atoms with Crippen molar-refractivity contribution in [1.29, 1.82) is 0 Å². The predicted molar refractivity (Wildman–Crippen MR) is 109 cm³/mol. The molecule has 0 aliphatic heterocycles. The van der Waals surface area contributed by atoms with Gasteiger partial charge in [-0.05, 0) is 47.4 Å². The largest absolute Gasteiger partial charge is 0.480 e. The van der Waals surface area contributed by atoms with Gasteiger partial charge in [-0.2, -0.15) is 4.72 Å². The van der Waals surface area contributed by atoms with Crippen LogP contribution in [0.15, 0.2) is 83.8 Å². The van der Waals surface area contributed by atoms with Crippen LogP contribution in [-0.2, 0) is 21.2 Å². The van der Waals surface area contributed by atoms with E-state index in [2.05, 4.69) is 4.72 Å². The lowest BCUT2D eigenvalue weighted by molar-refractivity contribution is -0.138. The molecular weight excluding hydrogens is 398 g/mol. The summed E-state index contributed by atoms with van der Waals surface area (Å²) < 4.78 is 27.6. The van der Waals surface area contributed by atoms with Gasteiger partial charge in [-0.3, -0.25) is 4.79 Å². The molecule has 3 aromatic carbocycles. The van der Waals surface area contributed by atoms with Gasteiger partial charge in [-0.1, -0.05) is 66.2 Å². The van der Waals surface area contributed by atoms with E-state index >= 15 is 0 Å². The van der Waals surface area contributed by atoms with E-state index in [-0.39, 0.29) is 11.3 Å². The molecule has 7 heteroatoms. The molecule has 1 atom stereocenters. The molecule has 0 fully saturated rings. The summed E-state index contributed by atoms with van der Waals surface area (Å²) in [6.07, 6.45) is 0.0538. The van der Waals surface area contributed by atoms with Gasteiger partial charge in [0.05, 0.1) is 4.90 Å².